The Labute approximate surface area is 632 Å². The Kier molecular flexibility index (Phi) is 30.6. The predicted octanol–water partition coefficient (Wildman–Crippen LogP) is 7.20. The summed E-state index contributed by atoms with van der Waals surface area (Å²) in [5.41, 5.74) is -0.651. The molecule has 3 aliphatic rings. The van der Waals surface area contributed by atoms with E-state index in [2.05, 4.69) is 16.0 Å². The van der Waals surface area contributed by atoms with Crippen molar-refractivity contribution in [2.75, 3.05) is 76.0 Å². The molecule has 584 valence electrons. The van der Waals surface area contributed by atoms with Gasteiger partial charge in [0.05, 0.1) is 23.6 Å². The molecular formula is C77H109Cl2F3N12O12. The average Bonchev–Trinajstić information content (AvgIpc) is 1.12. The molecule has 2 saturated heterocycles. The number of alkyl halides is 3. The number of amides is 12. The third kappa shape index (κ3) is 20.7. The maximum Gasteiger partial charge on any atom is 0.417 e. The van der Waals surface area contributed by atoms with Gasteiger partial charge in [-0.25, -0.2) is 0 Å². The number of carbonyl (C=O) groups is 12. The van der Waals surface area contributed by atoms with Crippen molar-refractivity contribution in [3.63, 3.8) is 0 Å². The molecule has 0 radical (unpaired) electrons. The minimum absolute atomic E-state index is 0.0722. The van der Waals surface area contributed by atoms with Gasteiger partial charge in [0.25, 0.3) is 0 Å². The van der Waals surface area contributed by atoms with Gasteiger partial charge in [-0.1, -0.05) is 145 Å². The second-order valence-corrected chi connectivity index (χ2v) is 30.5. The lowest BCUT2D eigenvalue weighted by atomic mass is 9.90. The van der Waals surface area contributed by atoms with Crippen molar-refractivity contribution in [3.05, 3.63) is 105 Å². The normalized spacial score (nSPS) is 24.6. The van der Waals surface area contributed by atoms with Crippen LogP contribution in [0, 0.1) is 24.7 Å². The van der Waals surface area contributed by atoms with Gasteiger partial charge in [0.15, 0.2) is 0 Å². The molecule has 2 heterocycles. The second-order valence-electron chi connectivity index (χ2n) is 29.7. The van der Waals surface area contributed by atoms with Crippen LogP contribution < -0.4 is 16.0 Å². The summed E-state index contributed by atoms with van der Waals surface area (Å²) >= 11 is 13.1. The number of benzene rings is 3. The molecule has 0 aromatic heterocycles. The molecule has 3 aromatic carbocycles. The van der Waals surface area contributed by atoms with E-state index in [4.69, 9.17) is 23.2 Å². The summed E-state index contributed by atoms with van der Waals surface area (Å²) in [6.07, 6.45) is -4.27. The van der Waals surface area contributed by atoms with Crippen LogP contribution in [0.1, 0.15) is 147 Å². The summed E-state index contributed by atoms with van der Waals surface area (Å²) in [4.78, 5) is 192. The lowest BCUT2D eigenvalue weighted by Crippen LogP contribution is -2.66. The Morgan fingerprint density at radius 3 is 1.82 bits per heavy atom. The van der Waals surface area contributed by atoms with Crippen LogP contribution in [0.25, 0.3) is 0 Å². The first kappa shape index (κ1) is 86.6. The van der Waals surface area contributed by atoms with Crippen molar-refractivity contribution < 1.29 is 70.7 Å². The van der Waals surface area contributed by atoms with E-state index in [9.17, 15) is 46.7 Å². The summed E-state index contributed by atoms with van der Waals surface area (Å²) in [6, 6.07) is 4.82. The number of halogens is 5. The third-order valence-corrected chi connectivity index (χ3v) is 22.3. The first-order valence-corrected chi connectivity index (χ1v) is 37.4. The van der Waals surface area contributed by atoms with Crippen LogP contribution in [0.4, 0.5) is 13.2 Å². The van der Waals surface area contributed by atoms with Gasteiger partial charge in [-0.05, 0) is 112 Å². The smallest absolute Gasteiger partial charge is 0.347 e. The first-order chi connectivity index (χ1) is 49.7. The molecule has 12 amide bonds. The number of carbonyl (C=O) groups excluding carboxylic acids is 12. The number of hydrogen-bond acceptors (Lipinski definition) is 12. The molecule has 1 saturated carbocycles. The molecule has 106 heavy (non-hydrogen) atoms. The highest BCUT2D eigenvalue weighted by Gasteiger charge is 2.51. The van der Waals surface area contributed by atoms with Gasteiger partial charge in [-0.2, -0.15) is 13.2 Å². The van der Waals surface area contributed by atoms with Crippen LogP contribution in [0.5, 0.6) is 0 Å². The number of nitrogens with zero attached hydrogens (tertiary/aromatic N) is 9. The quantitative estimate of drug-likeness (QED) is 0.136. The molecule has 3 fully saturated rings. The second kappa shape index (κ2) is 37.5. The van der Waals surface area contributed by atoms with Crippen LogP contribution in [-0.2, 0) is 83.0 Å². The molecule has 24 nitrogen and oxygen atoms in total. The van der Waals surface area contributed by atoms with Crippen molar-refractivity contribution in [1.29, 1.82) is 0 Å². The minimum Gasteiger partial charge on any atom is -0.347 e. The number of nitrogens with one attached hydrogen (secondary N) is 3. The van der Waals surface area contributed by atoms with Gasteiger partial charge in [-0.3, -0.25) is 57.5 Å². The van der Waals surface area contributed by atoms with E-state index in [1.165, 1.54) is 104 Å². The highest BCUT2D eigenvalue weighted by atomic mass is 35.5. The van der Waals surface area contributed by atoms with E-state index in [0.29, 0.717) is 36.8 Å². The molecule has 11 atom stereocenters. The number of hydrogen-bond donors (Lipinski definition) is 3. The predicted molar refractivity (Wildman–Crippen MR) is 397 cm³/mol. The summed E-state index contributed by atoms with van der Waals surface area (Å²) < 4.78 is 42.1. The van der Waals surface area contributed by atoms with E-state index in [1.807, 2.05) is 46.8 Å². The van der Waals surface area contributed by atoms with Crippen molar-refractivity contribution >= 4 is 94.1 Å². The third-order valence-electron chi connectivity index (χ3n) is 21.6. The van der Waals surface area contributed by atoms with Gasteiger partial charge >= 0.3 is 6.18 Å². The van der Waals surface area contributed by atoms with Crippen LogP contribution in [0.2, 0.25) is 10.0 Å². The summed E-state index contributed by atoms with van der Waals surface area (Å²) in [5.74, 6) is -10.1. The zero-order valence-corrected chi connectivity index (χ0v) is 65.9. The van der Waals surface area contributed by atoms with Crippen molar-refractivity contribution in [1.82, 2.24) is 60.0 Å². The number of fused-ring (bicyclic) bond motifs is 1. The maximum absolute atomic E-state index is 15.8. The Morgan fingerprint density at radius 2 is 1.27 bits per heavy atom. The number of aryl methyl sites for hydroxylation is 2. The lowest BCUT2D eigenvalue weighted by Gasteiger charge is -2.45. The van der Waals surface area contributed by atoms with Gasteiger partial charge < -0.3 is 60.0 Å². The zero-order chi connectivity index (χ0) is 79.3. The standard InChI is InChI=1S/C77H109Cl2F3N12O12/c1-18-47(7)64-73(104)88(13)49(9)68(99)94-38-35-57(94)72(103)90(15)60(41-51-29-27-46(6)28-30-51)71(102)87(12)44-62(95)83-56(34-32-50-31-33-53(55(79)40-50)77(80,81)82)69(100)93(20-3)59(42-52-25-21-22-26-54(52)78)67(98)85-76(36-23-24-37-76)75(106)92(17)65(48(8)19-2)74(105)91(16)61(70(101)86(10)11)43-63(96)89(14)58(39-45(4)5)66(97)84-64/h21-22,25-31,33,40,45,47-49,56-61,64-65H,18-20,23-24,32,34-39,41-44H2,1-17H3,(H,83,95)(H,84,97)(H,85,98)/t47-,48-,49-,56-,57-,58-,59-,60-,61-,64-,65-/m0/s1. The molecule has 0 unspecified atom stereocenters. The van der Waals surface area contributed by atoms with Crippen molar-refractivity contribution in [2.24, 2.45) is 17.8 Å². The molecule has 3 N–H and O–H groups in total. The topological polar surface area (TPSA) is 270 Å². The number of rotatable bonds is 15. The van der Waals surface area contributed by atoms with Gasteiger partial charge in [0, 0.05) is 87.3 Å². The van der Waals surface area contributed by atoms with Crippen LogP contribution in [0.3, 0.4) is 0 Å². The first-order valence-electron chi connectivity index (χ1n) is 36.6. The molecule has 3 aromatic rings. The van der Waals surface area contributed by atoms with Crippen molar-refractivity contribution in [2.45, 2.75) is 212 Å². The zero-order valence-electron chi connectivity index (χ0n) is 64.4. The van der Waals surface area contributed by atoms with Gasteiger partial charge in [-0.15, -0.1) is 0 Å². The SMILES string of the molecule is CC[C@H](C)[C@@H]1NC(=O)[C@H](CC(C)C)N(C)C(=O)C[C@@H](C(=O)N(C)C)N(C)C(=O)[C@H]([C@@H](C)CC)N(C)C(=O)C2(CCCC2)NC(=O)[C@H](Cc2ccccc2Cl)N(CC)C(=O)[C@H](CCc2ccc(C(F)(F)F)c(Cl)c2)NC(=O)CN(C)C(=O)[C@H](Cc2ccc(C)cc2)N(C)C(=O)[C@@H]2CCN2C(=O)[C@H](C)N(C)C1=O. The molecule has 2 aliphatic heterocycles. The molecular weight excluding hydrogens is 1410 g/mol. The summed E-state index contributed by atoms with van der Waals surface area (Å²) in [5, 5.41) is 8.31. The number of likely N-dealkylation sites (N-methyl/N-ethyl adjacent to an activating group) is 8. The molecule has 29 heteroatoms. The Hall–Kier alpha value is -8.33. The highest BCUT2D eigenvalue weighted by Crippen LogP contribution is 2.37. The van der Waals surface area contributed by atoms with E-state index in [1.54, 1.807) is 57.2 Å². The molecule has 6 rings (SSSR count). The van der Waals surface area contributed by atoms with Gasteiger partial charge in [0.2, 0.25) is 70.9 Å². The minimum atomic E-state index is -4.80. The van der Waals surface area contributed by atoms with Crippen LogP contribution in [0.15, 0.2) is 66.7 Å². The van der Waals surface area contributed by atoms with Crippen LogP contribution >= 0.6 is 23.2 Å². The highest BCUT2D eigenvalue weighted by molar-refractivity contribution is 6.31. The van der Waals surface area contributed by atoms with E-state index in [-0.39, 0.29) is 81.0 Å². The Morgan fingerprint density at radius 1 is 0.660 bits per heavy atom. The fourth-order valence-corrected chi connectivity index (χ4v) is 14.7. The van der Waals surface area contributed by atoms with E-state index in [0.717, 1.165) is 27.5 Å². The average molecular weight is 1520 g/mol. The van der Waals surface area contributed by atoms with Gasteiger partial charge in [0.1, 0.15) is 59.9 Å². The van der Waals surface area contributed by atoms with E-state index < -0.39 is 172 Å². The molecule has 0 bridgehead atoms. The Balaban J connectivity index is 1.52. The monoisotopic (exact) mass is 1520 g/mol. The summed E-state index contributed by atoms with van der Waals surface area (Å²) in [6.45, 7) is 14.9. The summed E-state index contributed by atoms with van der Waals surface area (Å²) in [7, 11) is 11.2. The Bertz CT molecular complexity index is 3690. The van der Waals surface area contributed by atoms with Crippen LogP contribution in [-0.4, -0.2) is 251 Å². The lowest BCUT2D eigenvalue weighted by molar-refractivity contribution is -0.160. The molecule has 1 spiro atoms. The van der Waals surface area contributed by atoms with E-state index >= 15 is 24.0 Å². The maximum atomic E-state index is 15.8. The van der Waals surface area contributed by atoms with Crippen molar-refractivity contribution in [3.8, 4) is 0 Å². The fraction of sp³-hybridized carbons (Fsp3) is 0.610. The largest absolute Gasteiger partial charge is 0.417 e. The fourth-order valence-electron chi connectivity index (χ4n) is 14.2. The molecule has 1 aliphatic carbocycles.